The van der Waals surface area contributed by atoms with E-state index in [1.807, 2.05) is 4.90 Å². The summed E-state index contributed by atoms with van der Waals surface area (Å²) in [5.74, 6) is -2.68. The van der Waals surface area contributed by atoms with Gasteiger partial charge in [0.05, 0.1) is 0 Å². The molecular formula is C20H36N4O6S. The second-order valence-corrected chi connectivity index (χ2v) is 8.93. The molecule has 1 fully saturated rings. The van der Waals surface area contributed by atoms with Crippen LogP contribution in [-0.4, -0.2) is 100 Å². The number of unbranched alkanes of at least 4 members (excludes halogenated alkanes) is 2. The fourth-order valence-corrected chi connectivity index (χ4v) is 4.24. The number of carboxylic acid groups (broad SMARTS) is 2. The van der Waals surface area contributed by atoms with E-state index in [2.05, 4.69) is 17.1 Å². The minimum atomic E-state index is -1.21. The summed E-state index contributed by atoms with van der Waals surface area (Å²) < 4.78 is 0. The molecule has 0 bridgehead atoms. The standard InChI is InChI=1S/C20H36N4O6S/c1-2-8-23-9-11-24(12-10-23)18(26)6-4-3-5-7-22-17(25)13-16(20(29)30)31-14-15(21)19(27)28/h15-16H,2-14,21H2,1H3,(H,22,25)(H,27,28)(H,29,30)/t15-,16?/m1/s1. The largest absolute Gasteiger partial charge is 0.480 e. The number of piperazine rings is 1. The summed E-state index contributed by atoms with van der Waals surface area (Å²) in [7, 11) is 0. The number of thioether (sulfide) groups is 1. The van der Waals surface area contributed by atoms with Gasteiger partial charge in [-0.3, -0.25) is 24.1 Å². The second kappa shape index (κ2) is 15.0. The molecule has 2 amide bonds. The summed E-state index contributed by atoms with van der Waals surface area (Å²) in [5, 5.41) is 19.6. The van der Waals surface area contributed by atoms with Crippen molar-refractivity contribution in [3.63, 3.8) is 0 Å². The molecule has 0 radical (unpaired) electrons. The van der Waals surface area contributed by atoms with Crippen molar-refractivity contribution in [2.45, 2.75) is 56.7 Å². The van der Waals surface area contributed by atoms with Crippen LogP contribution in [0.5, 0.6) is 0 Å². The van der Waals surface area contributed by atoms with Crippen molar-refractivity contribution in [1.29, 1.82) is 0 Å². The van der Waals surface area contributed by atoms with Crippen LogP contribution in [-0.2, 0) is 19.2 Å². The number of hydrogen-bond donors (Lipinski definition) is 4. The van der Waals surface area contributed by atoms with E-state index < -0.39 is 29.1 Å². The van der Waals surface area contributed by atoms with Gasteiger partial charge in [0.2, 0.25) is 11.8 Å². The summed E-state index contributed by atoms with van der Waals surface area (Å²) in [6, 6.07) is -1.17. The fraction of sp³-hybridized carbons (Fsp3) is 0.800. The van der Waals surface area contributed by atoms with E-state index in [4.69, 9.17) is 10.8 Å². The molecule has 178 valence electrons. The van der Waals surface area contributed by atoms with E-state index in [1.54, 1.807) is 0 Å². The third-order valence-corrected chi connectivity index (χ3v) is 6.42. The van der Waals surface area contributed by atoms with E-state index in [0.29, 0.717) is 19.4 Å². The van der Waals surface area contributed by atoms with Crippen LogP contribution in [0.25, 0.3) is 0 Å². The number of hydrogen-bond acceptors (Lipinski definition) is 7. The van der Waals surface area contributed by atoms with Crippen molar-refractivity contribution in [3.8, 4) is 0 Å². The first-order chi connectivity index (χ1) is 14.7. The number of amides is 2. The van der Waals surface area contributed by atoms with Crippen LogP contribution in [0, 0.1) is 0 Å². The molecule has 1 aliphatic rings. The number of carbonyl (C=O) groups is 4. The van der Waals surface area contributed by atoms with Gasteiger partial charge >= 0.3 is 11.9 Å². The fourth-order valence-electron chi connectivity index (χ4n) is 3.25. The Morgan fingerprint density at radius 1 is 1.03 bits per heavy atom. The van der Waals surface area contributed by atoms with Crippen LogP contribution in [0.15, 0.2) is 0 Å². The maximum atomic E-state index is 12.3. The highest BCUT2D eigenvalue weighted by Gasteiger charge is 2.24. The summed E-state index contributed by atoms with van der Waals surface area (Å²) in [4.78, 5) is 50.5. The van der Waals surface area contributed by atoms with Gasteiger partial charge in [-0.05, 0) is 25.8 Å². The lowest BCUT2D eigenvalue weighted by atomic mass is 10.1. The monoisotopic (exact) mass is 460 g/mol. The van der Waals surface area contributed by atoms with Gasteiger partial charge in [0, 0.05) is 51.3 Å². The molecule has 5 N–H and O–H groups in total. The highest BCUT2D eigenvalue weighted by atomic mass is 32.2. The van der Waals surface area contributed by atoms with Gasteiger partial charge in [-0.1, -0.05) is 13.3 Å². The van der Waals surface area contributed by atoms with Gasteiger partial charge in [-0.25, -0.2) is 0 Å². The first-order valence-electron chi connectivity index (χ1n) is 10.8. The zero-order valence-electron chi connectivity index (χ0n) is 18.3. The van der Waals surface area contributed by atoms with Gasteiger partial charge in [-0.2, -0.15) is 0 Å². The van der Waals surface area contributed by atoms with E-state index in [1.165, 1.54) is 0 Å². The van der Waals surface area contributed by atoms with Crippen molar-refractivity contribution in [2.75, 3.05) is 45.0 Å². The molecule has 0 spiro atoms. The predicted molar refractivity (Wildman–Crippen MR) is 119 cm³/mol. The Morgan fingerprint density at radius 3 is 2.29 bits per heavy atom. The van der Waals surface area contributed by atoms with Crippen molar-refractivity contribution in [2.24, 2.45) is 5.73 Å². The minimum Gasteiger partial charge on any atom is -0.480 e. The molecule has 11 heteroatoms. The van der Waals surface area contributed by atoms with Gasteiger partial charge in [0.1, 0.15) is 11.3 Å². The lowest BCUT2D eigenvalue weighted by Gasteiger charge is -2.34. The number of carbonyl (C=O) groups excluding carboxylic acids is 2. The Balaban J connectivity index is 2.14. The zero-order valence-corrected chi connectivity index (χ0v) is 19.1. The number of aliphatic carboxylic acids is 2. The van der Waals surface area contributed by atoms with Gasteiger partial charge in [0.25, 0.3) is 0 Å². The number of nitrogens with one attached hydrogen (secondary N) is 1. The smallest absolute Gasteiger partial charge is 0.321 e. The number of rotatable bonds is 15. The van der Waals surface area contributed by atoms with Crippen molar-refractivity contribution in [1.82, 2.24) is 15.1 Å². The maximum Gasteiger partial charge on any atom is 0.321 e. The highest BCUT2D eigenvalue weighted by molar-refractivity contribution is 8.00. The summed E-state index contributed by atoms with van der Waals surface area (Å²) in [5.41, 5.74) is 5.37. The summed E-state index contributed by atoms with van der Waals surface area (Å²) in [6.45, 7) is 7.09. The number of nitrogens with zero attached hydrogens (tertiary/aromatic N) is 2. The number of nitrogens with two attached hydrogens (primary N) is 1. The molecule has 1 rings (SSSR count). The zero-order chi connectivity index (χ0) is 23.2. The summed E-state index contributed by atoms with van der Waals surface area (Å²) >= 11 is 0.850. The second-order valence-electron chi connectivity index (χ2n) is 7.69. The lowest BCUT2D eigenvalue weighted by molar-refractivity contribution is -0.139. The molecule has 0 aliphatic carbocycles. The molecule has 10 nitrogen and oxygen atoms in total. The Labute approximate surface area is 187 Å². The third-order valence-electron chi connectivity index (χ3n) is 5.09. The van der Waals surface area contributed by atoms with Gasteiger partial charge in [0.15, 0.2) is 0 Å². The highest BCUT2D eigenvalue weighted by Crippen LogP contribution is 2.16. The predicted octanol–water partition coefficient (Wildman–Crippen LogP) is 0.206. The minimum absolute atomic E-state index is 0.0821. The number of carboxylic acids is 2. The SMILES string of the molecule is CCCN1CCN(C(=O)CCCCCNC(=O)CC(SC[C@@H](N)C(=O)O)C(=O)O)CC1. The topological polar surface area (TPSA) is 153 Å². The Hall–Kier alpha value is -1.85. The maximum absolute atomic E-state index is 12.3. The third kappa shape index (κ3) is 11.4. The summed E-state index contributed by atoms with van der Waals surface area (Å²) in [6.07, 6.45) is 3.65. The van der Waals surface area contributed by atoms with Gasteiger partial charge < -0.3 is 26.2 Å². The molecule has 0 aromatic carbocycles. The molecule has 0 saturated carbocycles. The average Bonchev–Trinajstić information content (AvgIpc) is 2.73. The van der Waals surface area contributed by atoms with Crippen molar-refractivity contribution < 1.29 is 29.4 Å². The quantitative estimate of drug-likeness (QED) is 0.251. The van der Waals surface area contributed by atoms with Crippen LogP contribution in [0.3, 0.4) is 0 Å². The van der Waals surface area contributed by atoms with E-state index in [9.17, 15) is 24.3 Å². The first-order valence-corrected chi connectivity index (χ1v) is 11.9. The van der Waals surface area contributed by atoms with Crippen molar-refractivity contribution in [3.05, 3.63) is 0 Å². The molecule has 1 saturated heterocycles. The van der Waals surface area contributed by atoms with E-state index in [-0.39, 0.29) is 18.1 Å². The van der Waals surface area contributed by atoms with Crippen LogP contribution in [0.1, 0.15) is 45.4 Å². The molecular weight excluding hydrogens is 424 g/mol. The molecule has 0 aromatic rings. The van der Waals surface area contributed by atoms with E-state index >= 15 is 0 Å². The van der Waals surface area contributed by atoms with E-state index in [0.717, 1.165) is 63.7 Å². The van der Waals surface area contributed by atoms with Crippen molar-refractivity contribution >= 4 is 35.5 Å². The average molecular weight is 461 g/mol. The normalized spacial score (nSPS) is 16.5. The molecule has 1 aliphatic heterocycles. The molecule has 1 heterocycles. The molecule has 2 atom stereocenters. The Kier molecular flexibility index (Phi) is 13.2. The van der Waals surface area contributed by atoms with Crippen LogP contribution in [0.4, 0.5) is 0 Å². The molecule has 0 aromatic heterocycles. The lowest BCUT2D eigenvalue weighted by Crippen LogP contribution is -2.48. The van der Waals surface area contributed by atoms with Gasteiger partial charge in [-0.15, -0.1) is 11.8 Å². The first kappa shape index (κ1) is 27.2. The molecule has 31 heavy (non-hydrogen) atoms. The molecule has 1 unspecified atom stereocenters. The Morgan fingerprint density at radius 2 is 1.71 bits per heavy atom. The Bertz CT molecular complexity index is 598. The van der Waals surface area contributed by atoms with Crippen LogP contribution < -0.4 is 11.1 Å². The van der Waals surface area contributed by atoms with Crippen LogP contribution in [0.2, 0.25) is 0 Å². The van der Waals surface area contributed by atoms with Crippen LogP contribution >= 0.6 is 11.8 Å².